The van der Waals surface area contributed by atoms with Crippen molar-refractivity contribution in [1.82, 2.24) is 30.4 Å². The van der Waals surface area contributed by atoms with Crippen LogP contribution in [0.3, 0.4) is 0 Å². The fourth-order valence-electron chi connectivity index (χ4n) is 4.90. The van der Waals surface area contributed by atoms with Crippen molar-refractivity contribution in [2.75, 3.05) is 44.3 Å². The fraction of sp³-hybridized carbons (Fsp3) is 0.321. The van der Waals surface area contributed by atoms with Crippen molar-refractivity contribution in [2.45, 2.75) is 18.9 Å². The molecule has 11 heteroatoms. The number of anilines is 1. The normalized spacial score (nSPS) is 16.7. The lowest BCUT2D eigenvalue weighted by molar-refractivity contribution is 0.122. The van der Waals surface area contributed by atoms with E-state index in [9.17, 15) is 0 Å². The maximum atomic E-state index is 9.14. The van der Waals surface area contributed by atoms with Crippen molar-refractivity contribution in [3.05, 3.63) is 60.8 Å². The highest BCUT2D eigenvalue weighted by Gasteiger charge is 2.24. The van der Waals surface area contributed by atoms with Crippen LogP contribution in [-0.4, -0.2) is 65.2 Å². The number of nitrogens with one attached hydrogen (secondary N) is 2. The molecular weight excluding hydrogens is 494 g/mol. The Kier molecular flexibility index (Phi) is 7.29. The summed E-state index contributed by atoms with van der Waals surface area (Å²) in [4.78, 5) is 16.7. The van der Waals surface area contributed by atoms with E-state index < -0.39 is 0 Å². The van der Waals surface area contributed by atoms with Crippen molar-refractivity contribution < 1.29 is 9.47 Å². The van der Waals surface area contributed by atoms with Gasteiger partial charge in [0, 0.05) is 18.7 Å². The minimum absolute atomic E-state index is 0.0922. The topological polar surface area (TPSA) is 126 Å². The van der Waals surface area contributed by atoms with Gasteiger partial charge in [-0.05, 0) is 62.3 Å². The summed E-state index contributed by atoms with van der Waals surface area (Å²) in [5.74, 6) is 2.10. The first-order chi connectivity index (χ1) is 19.3. The summed E-state index contributed by atoms with van der Waals surface area (Å²) in [6.07, 6.45) is 5.81. The highest BCUT2D eigenvalue weighted by Crippen LogP contribution is 2.31. The maximum Gasteiger partial charge on any atom is 0.309 e. The summed E-state index contributed by atoms with van der Waals surface area (Å²) in [5, 5.41) is 20.8. The highest BCUT2D eigenvalue weighted by molar-refractivity contribution is 5.89. The number of hydrogen-bond acceptors (Lipinski definition) is 9. The number of fused-ring (bicyclic) bond motifs is 1. The second-order valence-corrected chi connectivity index (χ2v) is 9.39. The van der Waals surface area contributed by atoms with Crippen LogP contribution >= 0.6 is 0 Å². The lowest BCUT2D eigenvalue weighted by Crippen LogP contribution is -2.37. The van der Waals surface area contributed by atoms with Crippen molar-refractivity contribution in [1.29, 1.82) is 5.26 Å². The summed E-state index contributed by atoms with van der Waals surface area (Å²) >= 11 is 0. The molecule has 39 heavy (non-hydrogen) atoms. The van der Waals surface area contributed by atoms with Gasteiger partial charge in [-0.2, -0.15) is 15.4 Å². The minimum atomic E-state index is 0.0922. The summed E-state index contributed by atoms with van der Waals surface area (Å²) in [6, 6.07) is 17.2. The van der Waals surface area contributed by atoms with Crippen molar-refractivity contribution >= 4 is 28.6 Å². The molecule has 2 fully saturated rings. The molecule has 0 amide bonds. The number of aromatic nitrogens is 4. The number of nitriles is 1. The number of amidine groups is 1. The molecule has 2 aliphatic rings. The van der Waals surface area contributed by atoms with Crippen LogP contribution in [0.2, 0.25) is 0 Å². The zero-order chi connectivity index (χ0) is 26.4. The zero-order valence-electron chi connectivity index (χ0n) is 21.5. The van der Waals surface area contributed by atoms with Crippen LogP contribution in [0.4, 0.5) is 11.5 Å². The van der Waals surface area contributed by atoms with E-state index in [1.165, 1.54) is 0 Å². The fourth-order valence-corrected chi connectivity index (χ4v) is 4.90. The quantitative estimate of drug-likeness (QED) is 0.175. The lowest BCUT2D eigenvalue weighted by Gasteiger charge is -2.28. The molecular formula is C28H29N9O2. The van der Waals surface area contributed by atoms with E-state index in [4.69, 9.17) is 29.8 Å². The Morgan fingerprint density at radius 2 is 1.82 bits per heavy atom. The van der Waals surface area contributed by atoms with Gasteiger partial charge in [0.25, 0.3) is 0 Å². The Balaban J connectivity index is 1.34. The molecule has 0 radical (unpaired) electrons. The Morgan fingerprint density at radius 1 is 1.05 bits per heavy atom. The summed E-state index contributed by atoms with van der Waals surface area (Å²) in [7, 11) is 0. The lowest BCUT2D eigenvalue weighted by atomic mass is 10.1. The first-order valence-corrected chi connectivity index (χ1v) is 13.1. The predicted octanol–water partition coefficient (Wildman–Crippen LogP) is 3.39. The molecule has 4 aromatic rings. The number of nitrogens with zero attached hydrogens (tertiary/aromatic N) is 7. The van der Waals surface area contributed by atoms with Gasteiger partial charge in [-0.15, -0.1) is 0 Å². The number of piperidine rings is 1. The Labute approximate surface area is 226 Å². The standard InChI is InChI=1S/C28H29N9O2/c29-19-31-28(39-23-4-2-1-3-5-23)33-21-8-6-20(7-9-21)25-34-26(36-14-16-38-17-15-36)24-18-32-37(27(24)35-25)22-10-12-30-13-11-22/h1-9,18,22,30H,10-17H2,(H,31,33). The number of rotatable bonds is 5. The second-order valence-electron chi connectivity index (χ2n) is 9.39. The average Bonchev–Trinajstić information content (AvgIpc) is 3.43. The van der Waals surface area contributed by atoms with Crippen LogP contribution in [0.5, 0.6) is 5.75 Å². The third-order valence-corrected chi connectivity index (χ3v) is 6.88. The van der Waals surface area contributed by atoms with E-state index >= 15 is 0 Å². The molecule has 2 N–H and O–H groups in total. The number of ether oxygens (including phenoxy) is 2. The van der Waals surface area contributed by atoms with Crippen molar-refractivity contribution in [3.63, 3.8) is 0 Å². The van der Waals surface area contributed by atoms with Crippen LogP contribution in [-0.2, 0) is 4.74 Å². The molecule has 2 aromatic carbocycles. The molecule has 0 aliphatic carbocycles. The van der Waals surface area contributed by atoms with Gasteiger partial charge in [0.2, 0.25) is 0 Å². The van der Waals surface area contributed by atoms with Crippen LogP contribution in [0, 0.1) is 11.5 Å². The van der Waals surface area contributed by atoms with Crippen molar-refractivity contribution in [2.24, 2.45) is 4.99 Å². The predicted molar refractivity (Wildman–Crippen MR) is 148 cm³/mol. The number of para-hydroxylation sites is 1. The molecule has 11 nitrogen and oxygen atoms in total. The van der Waals surface area contributed by atoms with Gasteiger partial charge in [0.05, 0.1) is 36.5 Å². The molecule has 0 atom stereocenters. The summed E-state index contributed by atoms with van der Waals surface area (Å²) < 4.78 is 13.4. The average molecular weight is 524 g/mol. The molecule has 2 aliphatic heterocycles. The second kappa shape index (κ2) is 11.5. The van der Waals surface area contributed by atoms with Gasteiger partial charge in [0.15, 0.2) is 17.7 Å². The monoisotopic (exact) mass is 523 g/mol. The first kappa shape index (κ1) is 24.8. The highest BCUT2D eigenvalue weighted by atomic mass is 16.5. The van der Waals surface area contributed by atoms with E-state index in [0.717, 1.165) is 61.4 Å². The molecule has 0 spiro atoms. The number of benzene rings is 2. The van der Waals surface area contributed by atoms with Crippen LogP contribution in [0.1, 0.15) is 18.9 Å². The summed E-state index contributed by atoms with van der Waals surface area (Å²) in [5.41, 5.74) is 2.34. The van der Waals surface area contributed by atoms with Gasteiger partial charge in [-0.25, -0.2) is 20.0 Å². The summed E-state index contributed by atoms with van der Waals surface area (Å²) in [6.45, 7) is 4.82. The molecule has 6 rings (SSSR count). The minimum Gasteiger partial charge on any atom is -0.425 e. The van der Waals surface area contributed by atoms with Crippen molar-refractivity contribution in [3.8, 4) is 23.3 Å². The van der Waals surface area contributed by atoms with E-state index in [1.54, 1.807) is 12.1 Å². The number of hydrogen-bond donors (Lipinski definition) is 2. The SMILES string of the molecule is N#CNC(=Nc1ccc(-c2nc(N3CCOCC3)c3cnn(C4CCNCC4)c3n2)cc1)Oc1ccccc1. The van der Waals surface area contributed by atoms with Gasteiger partial charge >= 0.3 is 6.02 Å². The van der Waals surface area contributed by atoms with Gasteiger partial charge < -0.3 is 19.7 Å². The third-order valence-electron chi connectivity index (χ3n) is 6.88. The largest absolute Gasteiger partial charge is 0.425 e. The number of morpholine rings is 1. The van der Waals surface area contributed by atoms with Crippen LogP contribution in [0.15, 0.2) is 65.8 Å². The molecule has 4 heterocycles. The molecule has 2 aromatic heterocycles. The van der Waals surface area contributed by atoms with E-state index in [2.05, 4.69) is 25.2 Å². The number of aliphatic imine (C=N–C) groups is 1. The molecule has 2 saturated heterocycles. The van der Waals surface area contributed by atoms with E-state index in [0.29, 0.717) is 36.5 Å². The maximum absolute atomic E-state index is 9.14. The smallest absolute Gasteiger partial charge is 0.309 e. The van der Waals surface area contributed by atoms with E-state index in [-0.39, 0.29) is 6.02 Å². The molecule has 0 unspecified atom stereocenters. The Hall–Kier alpha value is -4.53. The molecule has 198 valence electrons. The van der Waals surface area contributed by atoms with Gasteiger partial charge in [-0.3, -0.25) is 0 Å². The van der Waals surface area contributed by atoms with E-state index in [1.807, 2.05) is 54.9 Å². The van der Waals surface area contributed by atoms with Gasteiger partial charge in [-0.1, -0.05) is 18.2 Å². The van der Waals surface area contributed by atoms with Gasteiger partial charge in [0.1, 0.15) is 11.6 Å². The Morgan fingerprint density at radius 3 is 2.56 bits per heavy atom. The zero-order valence-corrected chi connectivity index (χ0v) is 21.5. The first-order valence-electron chi connectivity index (χ1n) is 13.1. The van der Waals surface area contributed by atoms with Crippen LogP contribution < -0.4 is 20.3 Å². The third kappa shape index (κ3) is 5.52. The molecule has 0 bridgehead atoms. The molecule has 0 saturated carbocycles. The Bertz CT molecular complexity index is 1480. The van der Waals surface area contributed by atoms with Crippen LogP contribution in [0.25, 0.3) is 22.4 Å².